The molecule has 2 aromatic carbocycles. The average Bonchev–Trinajstić information content (AvgIpc) is 2.69. The van der Waals surface area contributed by atoms with Crippen LogP contribution in [0.5, 0.6) is 0 Å². The van der Waals surface area contributed by atoms with Gasteiger partial charge in [-0.15, -0.1) is 0 Å². The molecule has 0 spiro atoms. The Hall–Kier alpha value is -2.93. The van der Waals surface area contributed by atoms with Crippen LogP contribution in [0, 0.1) is 12.8 Å². The highest BCUT2D eigenvalue weighted by atomic mass is 32.2. The molecule has 0 aromatic heterocycles. The standard InChI is InChI=1S/C21H21N3O3S/c1-3-17-19(26)23-21(24(20(17)27)16-7-5-4-6-8-16)28-13-18(25)22-15-11-9-14(2)10-12-15/h4-12,17H,3,13H2,1-2H3,(H,22,25)/t17-/m0/s1. The van der Waals surface area contributed by atoms with Crippen molar-refractivity contribution in [1.82, 2.24) is 0 Å². The van der Waals surface area contributed by atoms with Gasteiger partial charge in [0.15, 0.2) is 5.17 Å². The maximum absolute atomic E-state index is 12.9. The minimum absolute atomic E-state index is 0.0351. The molecule has 7 heteroatoms. The molecule has 6 nitrogen and oxygen atoms in total. The molecular formula is C21H21N3O3S. The SMILES string of the molecule is CC[C@H]1C(=O)N=C(SCC(=O)Nc2ccc(C)cc2)N(c2ccccc2)C1=O. The van der Waals surface area contributed by atoms with E-state index in [4.69, 9.17) is 0 Å². The molecule has 0 radical (unpaired) electrons. The van der Waals surface area contributed by atoms with E-state index >= 15 is 0 Å². The largest absolute Gasteiger partial charge is 0.325 e. The van der Waals surface area contributed by atoms with Crippen LogP contribution < -0.4 is 10.2 Å². The van der Waals surface area contributed by atoms with Crippen LogP contribution >= 0.6 is 11.8 Å². The number of thioether (sulfide) groups is 1. The van der Waals surface area contributed by atoms with Crippen LogP contribution in [0.3, 0.4) is 0 Å². The van der Waals surface area contributed by atoms with E-state index in [1.807, 2.05) is 49.4 Å². The first kappa shape index (κ1) is 19.8. The molecule has 0 bridgehead atoms. The zero-order chi connectivity index (χ0) is 20.1. The predicted molar refractivity (Wildman–Crippen MR) is 112 cm³/mol. The fourth-order valence-corrected chi connectivity index (χ4v) is 3.61. The highest BCUT2D eigenvalue weighted by Crippen LogP contribution is 2.27. The molecule has 1 N–H and O–H groups in total. The second-order valence-corrected chi connectivity index (χ2v) is 7.35. The van der Waals surface area contributed by atoms with E-state index in [-0.39, 0.29) is 22.7 Å². The van der Waals surface area contributed by atoms with E-state index in [0.29, 0.717) is 17.8 Å². The van der Waals surface area contributed by atoms with Crippen molar-refractivity contribution in [2.45, 2.75) is 20.3 Å². The number of carbonyl (C=O) groups is 3. The van der Waals surface area contributed by atoms with Crippen LogP contribution in [0.15, 0.2) is 59.6 Å². The Morgan fingerprint density at radius 2 is 1.79 bits per heavy atom. The van der Waals surface area contributed by atoms with Crippen LogP contribution in [-0.4, -0.2) is 28.6 Å². The molecule has 1 atom stereocenters. The number of amidine groups is 1. The molecule has 0 saturated carbocycles. The Morgan fingerprint density at radius 3 is 2.43 bits per heavy atom. The number of aryl methyl sites for hydroxylation is 1. The fraction of sp³-hybridized carbons (Fsp3) is 0.238. The van der Waals surface area contributed by atoms with Gasteiger partial charge in [-0.2, -0.15) is 4.99 Å². The number of hydrogen-bond donors (Lipinski definition) is 1. The van der Waals surface area contributed by atoms with Crippen molar-refractivity contribution < 1.29 is 14.4 Å². The van der Waals surface area contributed by atoms with Gasteiger partial charge >= 0.3 is 0 Å². The Morgan fingerprint density at radius 1 is 1.11 bits per heavy atom. The second kappa shape index (κ2) is 8.84. The zero-order valence-corrected chi connectivity index (χ0v) is 16.5. The summed E-state index contributed by atoms with van der Waals surface area (Å²) in [4.78, 5) is 42.9. The van der Waals surface area contributed by atoms with Gasteiger partial charge in [0.1, 0.15) is 5.92 Å². The smallest absolute Gasteiger partial charge is 0.260 e. The van der Waals surface area contributed by atoms with Gasteiger partial charge in [-0.05, 0) is 37.6 Å². The first-order chi connectivity index (χ1) is 13.5. The molecule has 1 aliphatic heterocycles. The summed E-state index contributed by atoms with van der Waals surface area (Å²) >= 11 is 1.07. The van der Waals surface area contributed by atoms with E-state index in [1.54, 1.807) is 19.1 Å². The predicted octanol–water partition coefficient (Wildman–Crippen LogP) is 3.62. The molecule has 0 fully saturated rings. The Labute approximate surface area is 168 Å². The van der Waals surface area contributed by atoms with Gasteiger partial charge in [0.25, 0.3) is 5.91 Å². The minimum Gasteiger partial charge on any atom is -0.325 e. The molecule has 0 saturated heterocycles. The lowest BCUT2D eigenvalue weighted by Crippen LogP contribution is -2.46. The van der Waals surface area contributed by atoms with Crippen LogP contribution in [0.25, 0.3) is 0 Å². The first-order valence-corrected chi connectivity index (χ1v) is 9.99. The first-order valence-electron chi connectivity index (χ1n) is 9.00. The number of nitrogens with one attached hydrogen (secondary N) is 1. The summed E-state index contributed by atoms with van der Waals surface area (Å²) in [7, 11) is 0. The topological polar surface area (TPSA) is 78.8 Å². The van der Waals surface area contributed by atoms with Gasteiger partial charge in [0.05, 0.1) is 11.4 Å². The Kier molecular flexibility index (Phi) is 6.26. The maximum atomic E-state index is 12.9. The maximum Gasteiger partial charge on any atom is 0.260 e. The fourth-order valence-electron chi connectivity index (χ4n) is 2.80. The molecule has 28 heavy (non-hydrogen) atoms. The van der Waals surface area contributed by atoms with Gasteiger partial charge in [0, 0.05) is 5.69 Å². The molecule has 0 aliphatic carbocycles. The summed E-state index contributed by atoms with van der Waals surface area (Å²) in [6, 6.07) is 16.5. The summed E-state index contributed by atoms with van der Waals surface area (Å²) in [5.74, 6) is -1.75. The van der Waals surface area contributed by atoms with E-state index in [9.17, 15) is 14.4 Å². The van der Waals surface area contributed by atoms with Gasteiger partial charge in [-0.1, -0.05) is 54.6 Å². The molecule has 1 aliphatic rings. The van der Waals surface area contributed by atoms with Crippen molar-refractivity contribution in [3.05, 3.63) is 60.2 Å². The Balaban J connectivity index is 1.75. The summed E-state index contributed by atoms with van der Waals surface area (Å²) in [5.41, 5.74) is 2.42. The number of carbonyl (C=O) groups excluding carboxylic acids is 3. The summed E-state index contributed by atoms with van der Waals surface area (Å²) in [6.07, 6.45) is 0.385. The van der Waals surface area contributed by atoms with Crippen LogP contribution in [-0.2, 0) is 14.4 Å². The van der Waals surface area contributed by atoms with E-state index in [2.05, 4.69) is 10.3 Å². The third kappa shape index (κ3) is 4.48. The number of hydrogen-bond acceptors (Lipinski definition) is 4. The molecule has 3 amide bonds. The Bertz CT molecular complexity index is 910. The van der Waals surface area contributed by atoms with Crippen molar-refractivity contribution in [2.24, 2.45) is 10.9 Å². The van der Waals surface area contributed by atoms with E-state index < -0.39 is 11.8 Å². The lowest BCUT2D eigenvalue weighted by Gasteiger charge is -2.30. The normalized spacial score (nSPS) is 16.7. The molecule has 3 rings (SSSR count). The highest BCUT2D eigenvalue weighted by molar-refractivity contribution is 8.14. The summed E-state index contributed by atoms with van der Waals surface area (Å²) in [6.45, 7) is 3.75. The number of nitrogens with zero attached hydrogens (tertiary/aromatic N) is 2. The average molecular weight is 395 g/mol. The van der Waals surface area contributed by atoms with Crippen LogP contribution in [0.2, 0.25) is 0 Å². The van der Waals surface area contributed by atoms with Crippen molar-refractivity contribution in [1.29, 1.82) is 0 Å². The lowest BCUT2D eigenvalue weighted by atomic mass is 10.0. The number of aliphatic imine (C=N–C) groups is 1. The van der Waals surface area contributed by atoms with Crippen LogP contribution in [0.4, 0.5) is 11.4 Å². The van der Waals surface area contributed by atoms with Crippen molar-refractivity contribution in [3.63, 3.8) is 0 Å². The summed E-state index contributed by atoms with van der Waals surface area (Å²) in [5, 5.41) is 3.03. The highest BCUT2D eigenvalue weighted by Gasteiger charge is 2.37. The number of benzene rings is 2. The summed E-state index contributed by atoms with van der Waals surface area (Å²) < 4.78 is 0. The zero-order valence-electron chi connectivity index (χ0n) is 15.7. The van der Waals surface area contributed by atoms with E-state index in [0.717, 1.165) is 17.3 Å². The third-order valence-corrected chi connectivity index (χ3v) is 5.24. The van der Waals surface area contributed by atoms with Crippen molar-refractivity contribution in [3.8, 4) is 0 Å². The van der Waals surface area contributed by atoms with Gasteiger partial charge < -0.3 is 5.32 Å². The number of anilines is 2. The van der Waals surface area contributed by atoms with Gasteiger partial charge in [-0.25, -0.2) is 0 Å². The molecule has 0 unspecified atom stereocenters. The monoisotopic (exact) mass is 395 g/mol. The number of amides is 3. The third-order valence-electron chi connectivity index (χ3n) is 4.30. The minimum atomic E-state index is -0.786. The van der Waals surface area contributed by atoms with Crippen molar-refractivity contribution in [2.75, 3.05) is 16.0 Å². The van der Waals surface area contributed by atoms with Gasteiger partial charge in [-0.3, -0.25) is 19.3 Å². The van der Waals surface area contributed by atoms with Gasteiger partial charge in [0.2, 0.25) is 11.8 Å². The van der Waals surface area contributed by atoms with Crippen LogP contribution in [0.1, 0.15) is 18.9 Å². The lowest BCUT2D eigenvalue weighted by molar-refractivity contribution is -0.132. The molecule has 2 aromatic rings. The molecule has 1 heterocycles. The quantitative estimate of drug-likeness (QED) is 0.784. The second-order valence-electron chi connectivity index (χ2n) is 6.41. The molecular weight excluding hydrogens is 374 g/mol. The number of rotatable bonds is 5. The molecule has 144 valence electrons. The van der Waals surface area contributed by atoms with Crippen molar-refractivity contribution >= 4 is 46.0 Å². The number of para-hydroxylation sites is 1. The van der Waals surface area contributed by atoms with E-state index in [1.165, 1.54) is 4.90 Å².